The van der Waals surface area contributed by atoms with Crippen LogP contribution in [-0.4, -0.2) is 32.3 Å². The fourth-order valence-electron chi connectivity index (χ4n) is 1.63. The molecule has 0 saturated heterocycles. The van der Waals surface area contributed by atoms with Crippen LogP contribution >= 0.6 is 0 Å². The molecule has 0 aromatic heterocycles. The lowest BCUT2D eigenvalue weighted by molar-refractivity contribution is -0.286. The molecule has 0 aliphatic carbocycles. The highest BCUT2D eigenvalue weighted by Crippen LogP contribution is 2.42. The first-order valence-corrected chi connectivity index (χ1v) is 7.76. The largest absolute Gasteiger partial charge is 0.586 e. The summed E-state index contributed by atoms with van der Waals surface area (Å²) >= 11 is 0. The molecule has 1 aliphatic rings. The molecule has 0 unspecified atom stereocenters. The molecule has 0 spiro atoms. The molecule has 0 radical (unpaired) electrons. The second-order valence-electron chi connectivity index (χ2n) is 4.67. The summed E-state index contributed by atoms with van der Waals surface area (Å²) < 4.78 is 57.4. The summed E-state index contributed by atoms with van der Waals surface area (Å²) in [4.78, 5) is 0. The van der Waals surface area contributed by atoms with Crippen molar-refractivity contribution in [2.45, 2.75) is 25.4 Å². The van der Waals surface area contributed by atoms with E-state index in [-0.39, 0.29) is 23.8 Å². The quantitative estimate of drug-likeness (QED) is 0.904. The van der Waals surface area contributed by atoms with E-state index in [1.165, 1.54) is 18.2 Å². The number of fused-ring (bicyclic) bond motifs is 1. The molecule has 0 fully saturated rings. The Morgan fingerprint density at radius 2 is 1.90 bits per heavy atom. The topological polar surface area (TPSA) is 64.6 Å². The second kappa shape index (κ2) is 5.08. The van der Waals surface area contributed by atoms with Crippen molar-refractivity contribution < 1.29 is 26.7 Å². The molecule has 1 N–H and O–H groups in total. The molecule has 8 heteroatoms. The molecule has 2 rings (SSSR count). The molecule has 0 saturated carbocycles. The van der Waals surface area contributed by atoms with Crippen molar-refractivity contribution >= 4 is 15.5 Å². The Bertz CT molecular complexity index is 601. The maximum absolute atomic E-state index is 12.8. The van der Waals surface area contributed by atoms with Crippen molar-refractivity contribution in [3.05, 3.63) is 18.2 Å². The van der Waals surface area contributed by atoms with E-state index >= 15 is 0 Å². The number of halogens is 2. The third-order valence-corrected chi connectivity index (χ3v) is 5.04. The van der Waals surface area contributed by atoms with Crippen LogP contribution in [0.1, 0.15) is 13.8 Å². The van der Waals surface area contributed by atoms with Gasteiger partial charge in [0.2, 0.25) is 0 Å². The summed E-state index contributed by atoms with van der Waals surface area (Å²) in [7, 11) is -3.14. The Morgan fingerprint density at radius 1 is 1.25 bits per heavy atom. The number of anilines is 1. The lowest BCUT2D eigenvalue weighted by Gasteiger charge is -2.09. The van der Waals surface area contributed by atoms with E-state index in [1.807, 2.05) is 0 Å². The van der Waals surface area contributed by atoms with E-state index in [4.69, 9.17) is 0 Å². The Kier molecular flexibility index (Phi) is 3.77. The van der Waals surface area contributed by atoms with Crippen molar-refractivity contribution in [3.63, 3.8) is 0 Å². The summed E-state index contributed by atoms with van der Waals surface area (Å²) in [6, 6.07) is 4.21. The SMILES string of the molecule is CC(C)S(=O)(=O)CCNc1ccc2c(c1)OC(F)(F)O2. The monoisotopic (exact) mass is 307 g/mol. The number of ether oxygens (including phenoxy) is 2. The van der Waals surface area contributed by atoms with E-state index < -0.39 is 21.4 Å². The molecule has 1 aromatic carbocycles. The maximum atomic E-state index is 12.8. The molecular formula is C12H15F2NO4S. The maximum Gasteiger partial charge on any atom is 0.586 e. The number of nitrogens with one attached hydrogen (secondary N) is 1. The Morgan fingerprint density at radius 3 is 2.55 bits per heavy atom. The van der Waals surface area contributed by atoms with Crippen molar-refractivity contribution in [2.75, 3.05) is 17.6 Å². The van der Waals surface area contributed by atoms with E-state index in [1.54, 1.807) is 13.8 Å². The fourth-order valence-corrected chi connectivity index (χ4v) is 2.49. The number of benzene rings is 1. The van der Waals surface area contributed by atoms with Gasteiger partial charge in [0.15, 0.2) is 21.3 Å². The van der Waals surface area contributed by atoms with Gasteiger partial charge in [-0.3, -0.25) is 0 Å². The van der Waals surface area contributed by atoms with Crippen LogP contribution < -0.4 is 14.8 Å². The predicted octanol–water partition coefficient (Wildman–Crippen LogP) is 2.24. The second-order valence-corrected chi connectivity index (χ2v) is 7.35. The van der Waals surface area contributed by atoms with Gasteiger partial charge in [0.05, 0.1) is 11.0 Å². The van der Waals surface area contributed by atoms with Gasteiger partial charge in [-0.25, -0.2) is 8.42 Å². The van der Waals surface area contributed by atoms with Crippen LogP contribution in [0.5, 0.6) is 11.5 Å². The van der Waals surface area contributed by atoms with Gasteiger partial charge < -0.3 is 14.8 Å². The van der Waals surface area contributed by atoms with Gasteiger partial charge in [0, 0.05) is 18.3 Å². The van der Waals surface area contributed by atoms with Crippen LogP contribution in [0.3, 0.4) is 0 Å². The minimum absolute atomic E-state index is 0.0325. The zero-order valence-electron chi connectivity index (χ0n) is 11.0. The van der Waals surface area contributed by atoms with E-state index in [2.05, 4.69) is 14.8 Å². The first-order valence-electron chi connectivity index (χ1n) is 6.05. The van der Waals surface area contributed by atoms with Crippen LogP contribution in [0.15, 0.2) is 18.2 Å². The van der Waals surface area contributed by atoms with Gasteiger partial charge in [0.25, 0.3) is 0 Å². The van der Waals surface area contributed by atoms with Crippen molar-refractivity contribution in [1.29, 1.82) is 0 Å². The molecule has 20 heavy (non-hydrogen) atoms. The van der Waals surface area contributed by atoms with Gasteiger partial charge >= 0.3 is 6.29 Å². The van der Waals surface area contributed by atoms with Gasteiger partial charge in [-0.2, -0.15) is 0 Å². The molecule has 112 valence electrons. The molecule has 1 aliphatic heterocycles. The minimum atomic E-state index is -3.65. The molecule has 1 aromatic rings. The predicted molar refractivity (Wildman–Crippen MR) is 70.1 cm³/mol. The Labute approximate surface area is 115 Å². The molecule has 0 bridgehead atoms. The Balaban J connectivity index is 1.97. The number of sulfone groups is 1. The third kappa shape index (κ3) is 3.30. The normalized spacial score (nSPS) is 16.4. The third-order valence-electron chi connectivity index (χ3n) is 2.84. The zero-order valence-corrected chi connectivity index (χ0v) is 11.8. The molecule has 5 nitrogen and oxygen atoms in total. The Hall–Kier alpha value is -1.57. The standard InChI is InChI=1S/C12H15F2NO4S/c1-8(2)20(16,17)6-5-15-9-3-4-10-11(7-9)19-12(13,14)18-10/h3-4,7-8,15H,5-6H2,1-2H3. The number of hydrogen-bond donors (Lipinski definition) is 1. The van der Waals surface area contributed by atoms with E-state index in [0.29, 0.717) is 5.69 Å². The minimum Gasteiger partial charge on any atom is -0.395 e. The van der Waals surface area contributed by atoms with Crippen LogP contribution in [0.4, 0.5) is 14.5 Å². The highest BCUT2D eigenvalue weighted by Gasteiger charge is 2.43. The lowest BCUT2D eigenvalue weighted by atomic mass is 10.3. The van der Waals surface area contributed by atoms with Crippen LogP contribution in [0.25, 0.3) is 0 Å². The van der Waals surface area contributed by atoms with Crippen molar-refractivity contribution in [2.24, 2.45) is 0 Å². The van der Waals surface area contributed by atoms with E-state index in [9.17, 15) is 17.2 Å². The first-order chi connectivity index (χ1) is 9.20. The fraction of sp³-hybridized carbons (Fsp3) is 0.500. The van der Waals surface area contributed by atoms with Crippen LogP contribution in [0, 0.1) is 0 Å². The summed E-state index contributed by atoms with van der Waals surface area (Å²) in [5.74, 6) is -0.156. The number of hydrogen-bond acceptors (Lipinski definition) is 5. The van der Waals surface area contributed by atoms with E-state index in [0.717, 1.165) is 0 Å². The smallest absolute Gasteiger partial charge is 0.395 e. The van der Waals surface area contributed by atoms with Gasteiger partial charge in [-0.15, -0.1) is 8.78 Å². The zero-order chi connectivity index (χ0) is 15.0. The highest BCUT2D eigenvalue weighted by atomic mass is 32.2. The number of rotatable bonds is 5. The van der Waals surface area contributed by atoms with Crippen LogP contribution in [0.2, 0.25) is 0 Å². The summed E-state index contributed by atoms with van der Waals surface area (Å²) in [6.07, 6.45) is -3.65. The average Bonchev–Trinajstić information content (AvgIpc) is 2.61. The highest BCUT2D eigenvalue weighted by molar-refractivity contribution is 7.92. The van der Waals surface area contributed by atoms with Crippen molar-refractivity contribution in [3.8, 4) is 11.5 Å². The molecule has 1 heterocycles. The average molecular weight is 307 g/mol. The van der Waals surface area contributed by atoms with Crippen LogP contribution in [-0.2, 0) is 9.84 Å². The summed E-state index contributed by atoms with van der Waals surface area (Å²) in [6.45, 7) is 3.41. The molecule has 0 atom stereocenters. The summed E-state index contributed by atoms with van der Waals surface area (Å²) in [5, 5.41) is 2.41. The van der Waals surface area contributed by atoms with Gasteiger partial charge in [-0.1, -0.05) is 0 Å². The lowest BCUT2D eigenvalue weighted by Crippen LogP contribution is -2.25. The molecule has 0 amide bonds. The number of alkyl halides is 2. The molecular weight excluding hydrogens is 292 g/mol. The van der Waals surface area contributed by atoms with Crippen molar-refractivity contribution in [1.82, 2.24) is 0 Å². The van der Waals surface area contributed by atoms with Gasteiger partial charge in [-0.05, 0) is 26.0 Å². The summed E-state index contributed by atoms with van der Waals surface area (Å²) in [5.41, 5.74) is 0.490. The van der Waals surface area contributed by atoms with Gasteiger partial charge in [0.1, 0.15) is 0 Å². The first kappa shape index (κ1) is 14.8.